The average Bonchev–Trinajstić information content (AvgIpc) is 2.29. The third-order valence-corrected chi connectivity index (χ3v) is 2.59. The predicted octanol–water partition coefficient (Wildman–Crippen LogP) is 3.00. The minimum atomic E-state index is -0.399. The maximum Gasteiger partial charge on any atom is 0.269 e. The van der Waals surface area contributed by atoms with Gasteiger partial charge in [-0.3, -0.25) is 10.1 Å². The summed E-state index contributed by atoms with van der Waals surface area (Å²) in [4.78, 5) is 10.1. The SMILES string of the molecule is C[C@H]1CC=C[C@@H](c2ccc([N+](=O)[O-])cc2)O1. The van der Waals surface area contributed by atoms with Gasteiger partial charge in [0.15, 0.2) is 0 Å². The molecular formula is C12H13NO3. The summed E-state index contributed by atoms with van der Waals surface area (Å²) in [5.74, 6) is 0. The van der Waals surface area contributed by atoms with Gasteiger partial charge < -0.3 is 4.74 Å². The van der Waals surface area contributed by atoms with Crippen LogP contribution in [0.1, 0.15) is 25.0 Å². The van der Waals surface area contributed by atoms with E-state index in [0.29, 0.717) is 0 Å². The minimum absolute atomic E-state index is 0.0791. The lowest BCUT2D eigenvalue weighted by atomic mass is 10.0. The van der Waals surface area contributed by atoms with Crippen LogP contribution in [0.2, 0.25) is 0 Å². The Labute approximate surface area is 93.7 Å². The summed E-state index contributed by atoms with van der Waals surface area (Å²) in [6, 6.07) is 6.49. The molecule has 1 aliphatic rings. The molecule has 2 atom stereocenters. The zero-order valence-corrected chi connectivity index (χ0v) is 9.00. The molecule has 0 spiro atoms. The smallest absolute Gasteiger partial charge is 0.269 e. The molecule has 1 heterocycles. The number of nitrogens with zero attached hydrogens (tertiary/aromatic N) is 1. The van der Waals surface area contributed by atoms with E-state index in [1.807, 2.05) is 13.0 Å². The highest BCUT2D eigenvalue weighted by Crippen LogP contribution is 2.27. The molecule has 0 unspecified atom stereocenters. The van der Waals surface area contributed by atoms with Gasteiger partial charge >= 0.3 is 0 Å². The quantitative estimate of drug-likeness (QED) is 0.436. The molecule has 1 aromatic carbocycles. The molecule has 0 saturated carbocycles. The average molecular weight is 219 g/mol. The van der Waals surface area contributed by atoms with Gasteiger partial charge in [-0.1, -0.05) is 12.2 Å². The van der Waals surface area contributed by atoms with Crippen molar-refractivity contribution in [3.8, 4) is 0 Å². The van der Waals surface area contributed by atoms with E-state index in [-0.39, 0.29) is 17.9 Å². The van der Waals surface area contributed by atoms with Crippen LogP contribution >= 0.6 is 0 Å². The van der Waals surface area contributed by atoms with Crippen LogP contribution in [0.4, 0.5) is 5.69 Å². The van der Waals surface area contributed by atoms with Gasteiger partial charge in [0, 0.05) is 12.1 Å². The Bertz CT molecular complexity index is 411. The summed E-state index contributed by atoms with van der Waals surface area (Å²) < 4.78 is 5.72. The number of nitro benzene ring substituents is 1. The van der Waals surface area contributed by atoms with E-state index in [4.69, 9.17) is 4.74 Å². The van der Waals surface area contributed by atoms with Crippen LogP contribution < -0.4 is 0 Å². The molecule has 0 radical (unpaired) electrons. The molecule has 16 heavy (non-hydrogen) atoms. The van der Waals surface area contributed by atoms with Gasteiger partial charge in [0.1, 0.15) is 6.10 Å². The largest absolute Gasteiger partial charge is 0.366 e. The molecule has 2 rings (SSSR count). The highest BCUT2D eigenvalue weighted by molar-refractivity contribution is 5.35. The number of nitro groups is 1. The van der Waals surface area contributed by atoms with Gasteiger partial charge in [-0.05, 0) is 31.0 Å². The van der Waals surface area contributed by atoms with Crippen molar-refractivity contribution in [1.29, 1.82) is 0 Å². The maximum absolute atomic E-state index is 10.5. The first-order valence-electron chi connectivity index (χ1n) is 5.23. The molecule has 84 valence electrons. The molecule has 0 fully saturated rings. The molecular weight excluding hydrogens is 206 g/mol. The maximum atomic E-state index is 10.5. The summed E-state index contributed by atoms with van der Waals surface area (Å²) in [6.45, 7) is 2.02. The van der Waals surface area contributed by atoms with Crippen molar-refractivity contribution >= 4 is 5.69 Å². The van der Waals surface area contributed by atoms with E-state index in [9.17, 15) is 10.1 Å². The van der Waals surface area contributed by atoms with Gasteiger partial charge in [-0.2, -0.15) is 0 Å². The van der Waals surface area contributed by atoms with Crippen molar-refractivity contribution in [3.05, 3.63) is 52.1 Å². The normalized spacial score (nSPS) is 24.3. The van der Waals surface area contributed by atoms with E-state index in [1.165, 1.54) is 12.1 Å². The number of hydrogen-bond donors (Lipinski definition) is 0. The van der Waals surface area contributed by atoms with Crippen LogP contribution in [0.25, 0.3) is 0 Å². The Morgan fingerprint density at radius 2 is 2.06 bits per heavy atom. The third kappa shape index (κ3) is 2.28. The van der Waals surface area contributed by atoms with Gasteiger partial charge in [0.2, 0.25) is 0 Å². The van der Waals surface area contributed by atoms with Crippen molar-refractivity contribution < 1.29 is 9.66 Å². The van der Waals surface area contributed by atoms with Crippen LogP contribution in [0, 0.1) is 10.1 Å². The molecule has 0 amide bonds. The number of hydrogen-bond acceptors (Lipinski definition) is 3. The second-order valence-electron chi connectivity index (χ2n) is 3.88. The zero-order chi connectivity index (χ0) is 11.5. The monoisotopic (exact) mass is 219 g/mol. The van der Waals surface area contributed by atoms with Gasteiger partial charge in [-0.25, -0.2) is 0 Å². The summed E-state index contributed by atoms with van der Waals surface area (Å²) >= 11 is 0. The van der Waals surface area contributed by atoms with E-state index in [1.54, 1.807) is 12.1 Å². The first-order valence-corrected chi connectivity index (χ1v) is 5.23. The lowest BCUT2D eigenvalue weighted by Crippen LogP contribution is -2.15. The van der Waals surface area contributed by atoms with Gasteiger partial charge in [-0.15, -0.1) is 0 Å². The number of rotatable bonds is 2. The van der Waals surface area contributed by atoms with Crippen molar-refractivity contribution in [2.24, 2.45) is 0 Å². The molecule has 1 aromatic rings. The van der Waals surface area contributed by atoms with Crippen molar-refractivity contribution in [3.63, 3.8) is 0 Å². The fraction of sp³-hybridized carbons (Fsp3) is 0.333. The molecule has 0 aliphatic carbocycles. The fourth-order valence-corrected chi connectivity index (χ4v) is 1.72. The lowest BCUT2D eigenvalue weighted by Gasteiger charge is -2.23. The standard InChI is InChI=1S/C12H13NO3/c1-9-3-2-4-12(16-9)10-5-7-11(8-6-10)13(14)15/h2,4-9,12H,3H2,1H3/t9-,12-/m0/s1. The van der Waals surface area contributed by atoms with Crippen LogP contribution in [0.15, 0.2) is 36.4 Å². The lowest BCUT2D eigenvalue weighted by molar-refractivity contribution is -0.384. The van der Waals surface area contributed by atoms with E-state index < -0.39 is 4.92 Å². The Kier molecular flexibility index (Phi) is 3.01. The first-order chi connectivity index (χ1) is 7.66. The second kappa shape index (κ2) is 4.45. The molecule has 0 aromatic heterocycles. The van der Waals surface area contributed by atoms with Gasteiger partial charge in [0.25, 0.3) is 5.69 Å². The summed E-state index contributed by atoms with van der Waals surface area (Å²) in [7, 11) is 0. The minimum Gasteiger partial charge on any atom is -0.366 e. The van der Waals surface area contributed by atoms with E-state index >= 15 is 0 Å². The predicted molar refractivity (Wildman–Crippen MR) is 60.1 cm³/mol. The topological polar surface area (TPSA) is 52.4 Å². The molecule has 0 N–H and O–H groups in total. The summed E-state index contributed by atoms with van der Waals surface area (Å²) in [5.41, 5.74) is 1.06. The van der Waals surface area contributed by atoms with Crippen molar-refractivity contribution in [2.75, 3.05) is 0 Å². The number of non-ortho nitro benzene ring substituents is 1. The Morgan fingerprint density at radius 1 is 1.38 bits per heavy atom. The summed E-state index contributed by atoms with van der Waals surface area (Å²) in [5, 5.41) is 10.5. The molecule has 1 aliphatic heterocycles. The van der Waals surface area contributed by atoms with E-state index in [2.05, 4.69) is 6.08 Å². The molecule has 4 heteroatoms. The van der Waals surface area contributed by atoms with Crippen LogP contribution in [0.3, 0.4) is 0 Å². The third-order valence-electron chi connectivity index (χ3n) is 2.59. The number of benzene rings is 1. The molecule has 0 bridgehead atoms. The highest BCUT2D eigenvalue weighted by Gasteiger charge is 2.16. The number of ether oxygens (including phenoxy) is 1. The zero-order valence-electron chi connectivity index (χ0n) is 9.00. The Morgan fingerprint density at radius 3 is 2.62 bits per heavy atom. The fourth-order valence-electron chi connectivity index (χ4n) is 1.72. The first kappa shape index (κ1) is 10.8. The Hall–Kier alpha value is -1.68. The molecule has 0 saturated heterocycles. The highest BCUT2D eigenvalue weighted by atomic mass is 16.6. The second-order valence-corrected chi connectivity index (χ2v) is 3.88. The Balaban J connectivity index is 2.18. The van der Waals surface area contributed by atoms with E-state index in [0.717, 1.165) is 12.0 Å². The van der Waals surface area contributed by atoms with Crippen molar-refractivity contribution in [2.45, 2.75) is 25.6 Å². The molecule has 4 nitrogen and oxygen atoms in total. The van der Waals surface area contributed by atoms with Crippen LogP contribution in [-0.4, -0.2) is 11.0 Å². The van der Waals surface area contributed by atoms with Crippen molar-refractivity contribution in [1.82, 2.24) is 0 Å². The summed E-state index contributed by atoms with van der Waals surface area (Å²) in [6.07, 6.45) is 5.11. The van der Waals surface area contributed by atoms with Crippen LogP contribution in [0.5, 0.6) is 0 Å². The van der Waals surface area contributed by atoms with Crippen LogP contribution in [-0.2, 0) is 4.74 Å². The van der Waals surface area contributed by atoms with Gasteiger partial charge in [0.05, 0.1) is 11.0 Å².